The number of alkyl carbamates (subject to hydrolysis) is 1. The highest BCUT2D eigenvalue weighted by Crippen LogP contribution is 2.28. The second kappa shape index (κ2) is 7.85. The van der Waals surface area contributed by atoms with Crippen molar-refractivity contribution < 1.29 is 19.1 Å². The van der Waals surface area contributed by atoms with Gasteiger partial charge in [0.2, 0.25) is 0 Å². The zero-order valence-corrected chi connectivity index (χ0v) is 13.0. The van der Waals surface area contributed by atoms with Gasteiger partial charge in [-0.15, -0.1) is 0 Å². The van der Waals surface area contributed by atoms with Crippen LogP contribution in [0.15, 0.2) is 24.3 Å². The second-order valence-electron chi connectivity index (χ2n) is 5.58. The monoisotopic (exact) mass is 296 g/mol. The summed E-state index contributed by atoms with van der Waals surface area (Å²) < 4.78 is 10.4. The third-order valence-electron chi connectivity index (χ3n) is 2.72. The summed E-state index contributed by atoms with van der Waals surface area (Å²) in [5.74, 6) is 6.05. The van der Waals surface area contributed by atoms with E-state index in [4.69, 9.17) is 20.2 Å². The van der Waals surface area contributed by atoms with E-state index in [1.165, 1.54) is 0 Å². The van der Waals surface area contributed by atoms with Crippen LogP contribution in [0.25, 0.3) is 0 Å². The normalized spacial score (nSPS) is 12.6. The molecule has 1 aromatic rings. The molecular formula is C15H24N2O4. The molecule has 3 N–H and O–H groups in total. The summed E-state index contributed by atoms with van der Waals surface area (Å²) in [5, 5.41) is 2.67. The minimum absolute atomic E-state index is 0.365. The molecule has 0 aliphatic rings. The Balaban J connectivity index is 2.54. The summed E-state index contributed by atoms with van der Waals surface area (Å²) in [5.41, 5.74) is 0.324. The minimum atomic E-state index is -0.517. The van der Waals surface area contributed by atoms with E-state index in [0.717, 1.165) is 5.56 Å². The first kappa shape index (κ1) is 17.3. The Bertz CT molecular complexity index is 457. The van der Waals surface area contributed by atoms with Gasteiger partial charge in [0, 0.05) is 12.1 Å². The lowest BCUT2D eigenvalue weighted by atomic mass is 10.1. The Morgan fingerprint density at radius 2 is 2.00 bits per heavy atom. The van der Waals surface area contributed by atoms with Gasteiger partial charge in [0.05, 0.1) is 7.11 Å². The number of hydrogen-bond acceptors (Lipinski definition) is 5. The van der Waals surface area contributed by atoms with E-state index in [1.54, 1.807) is 7.11 Å². The Kier molecular flexibility index (Phi) is 6.45. The van der Waals surface area contributed by atoms with Gasteiger partial charge in [-0.3, -0.25) is 4.84 Å². The molecule has 1 rings (SSSR count). The van der Waals surface area contributed by atoms with Crippen molar-refractivity contribution in [2.45, 2.75) is 38.9 Å². The van der Waals surface area contributed by atoms with Gasteiger partial charge in [-0.1, -0.05) is 18.2 Å². The number of carbonyl (C=O) groups excluding carboxylic acids is 1. The molecule has 1 atom stereocenters. The van der Waals surface area contributed by atoms with Crippen molar-refractivity contribution in [3.05, 3.63) is 29.8 Å². The minimum Gasteiger partial charge on any atom is -0.496 e. The molecule has 118 valence electrons. The largest absolute Gasteiger partial charge is 0.496 e. The molecule has 0 aliphatic heterocycles. The summed E-state index contributed by atoms with van der Waals surface area (Å²) in [7, 11) is 1.59. The van der Waals surface area contributed by atoms with E-state index >= 15 is 0 Å². The molecule has 1 aromatic carbocycles. The predicted octanol–water partition coefficient (Wildman–Crippen LogP) is 2.54. The van der Waals surface area contributed by atoms with Crippen molar-refractivity contribution in [1.29, 1.82) is 0 Å². The third-order valence-corrected chi connectivity index (χ3v) is 2.72. The smallest absolute Gasteiger partial charge is 0.407 e. The van der Waals surface area contributed by atoms with E-state index in [-0.39, 0.29) is 6.10 Å². The quantitative estimate of drug-likeness (QED) is 0.788. The molecule has 0 bridgehead atoms. The van der Waals surface area contributed by atoms with Gasteiger partial charge in [-0.2, -0.15) is 0 Å². The summed E-state index contributed by atoms with van der Waals surface area (Å²) >= 11 is 0. The number of ether oxygens (including phenoxy) is 2. The first-order chi connectivity index (χ1) is 9.87. The highest BCUT2D eigenvalue weighted by atomic mass is 16.6. The van der Waals surface area contributed by atoms with Gasteiger partial charge in [0.25, 0.3) is 0 Å². The zero-order chi connectivity index (χ0) is 15.9. The molecule has 0 heterocycles. The van der Waals surface area contributed by atoms with E-state index < -0.39 is 11.7 Å². The van der Waals surface area contributed by atoms with Crippen LogP contribution in [0, 0.1) is 0 Å². The third kappa shape index (κ3) is 6.01. The van der Waals surface area contributed by atoms with Crippen LogP contribution >= 0.6 is 0 Å². The zero-order valence-electron chi connectivity index (χ0n) is 13.0. The molecule has 6 heteroatoms. The number of rotatable bonds is 6. The summed E-state index contributed by atoms with van der Waals surface area (Å²) in [4.78, 5) is 16.5. The molecular weight excluding hydrogens is 272 g/mol. The molecule has 0 aromatic heterocycles. The Labute approximate surface area is 125 Å². The average molecular weight is 296 g/mol. The maximum absolute atomic E-state index is 11.6. The molecule has 0 spiro atoms. The van der Waals surface area contributed by atoms with Gasteiger partial charge >= 0.3 is 6.09 Å². The number of methoxy groups -OCH3 is 1. The Morgan fingerprint density at radius 1 is 1.33 bits per heavy atom. The fourth-order valence-electron chi connectivity index (χ4n) is 1.85. The number of para-hydroxylation sites is 1. The average Bonchev–Trinajstić information content (AvgIpc) is 2.42. The van der Waals surface area contributed by atoms with Crippen LogP contribution in [-0.2, 0) is 9.57 Å². The molecule has 0 saturated carbocycles. The van der Waals surface area contributed by atoms with Gasteiger partial charge < -0.3 is 14.8 Å². The van der Waals surface area contributed by atoms with Gasteiger partial charge in [0.1, 0.15) is 17.5 Å². The molecule has 1 amide bonds. The highest BCUT2D eigenvalue weighted by molar-refractivity contribution is 5.67. The van der Waals surface area contributed by atoms with E-state index in [2.05, 4.69) is 5.32 Å². The highest BCUT2D eigenvalue weighted by Gasteiger charge is 2.18. The van der Waals surface area contributed by atoms with Crippen molar-refractivity contribution in [2.24, 2.45) is 5.90 Å². The van der Waals surface area contributed by atoms with Crippen LogP contribution < -0.4 is 16.0 Å². The fourth-order valence-corrected chi connectivity index (χ4v) is 1.85. The second-order valence-corrected chi connectivity index (χ2v) is 5.58. The number of nitrogens with two attached hydrogens (primary N) is 1. The summed E-state index contributed by atoms with van der Waals surface area (Å²) in [6.45, 7) is 5.82. The molecule has 0 saturated heterocycles. The number of amides is 1. The first-order valence-electron chi connectivity index (χ1n) is 6.82. The number of benzene rings is 1. The lowest BCUT2D eigenvalue weighted by Gasteiger charge is -2.21. The predicted molar refractivity (Wildman–Crippen MR) is 79.9 cm³/mol. The van der Waals surface area contributed by atoms with E-state index in [1.807, 2.05) is 45.0 Å². The standard InChI is InChI=1S/C15H24N2O4/c1-15(2,3)20-14(18)17-10-9-13(21-16)11-7-5-6-8-12(11)19-4/h5-8,13H,9-10,16H2,1-4H3,(H,17,18). The van der Waals surface area contributed by atoms with Crippen LogP contribution in [0.1, 0.15) is 38.9 Å². The van der Waals surface area contributed by atoms with Crippen molar-refractivity contribution in [3.63, 3.8) is 0 Å². The maximum atomic E-state index is 11.6. The molecule has 1 unspecified atom stereocenters. The summed E-state index contributed by atoms with van der Waals surface area (Å²) in [6.07, 6.45) is -0.315. The SMILES string of the molecule is COc1ccccc1C(CCNC(=O)OC(C)(C)C)ON. The van der Waals surface area contributed by atoms with E-state index in [9.17, 15) is 4.79 Å². The Hall–Kier alpha value is -1.79. The van der Waals surface area contributed by atoms with E-state index in [0.29, 0.717) is 18.7 Å². The van der Waals surface area contributed by atoms with Crippen LogP contribution in [0.3, 0.4) is 0 Å². The van der Waals surface area contributed by atoms with Crippen molar-refractivity contribution in [2.75, 3.05) is 13.7 Å². The topological polar surface area (TPSA) is 82.8 Å². The van der Waals surface area contributed by atoms with Crippen molar-refractivity contribution in [1.82, 2.24) is 5.32 Å². The Morgan fingerprint density at radius 3 is 2.57 bits per heavy atom. The molecule has 0 fully saturated rings. The lowest BCUT2D eigenvalue weighted by Crippen LogP contribution is -2.33. The van der Waals surface area contributed by atoms with Crippen LogP contribution in [0.5, 0.6) is 5.75 Å². The fraction of sp³-hybridized carbons (Fsp3) is 0.533. The van der Waals surface area contributed by atoms with Crippen LogP contribution in [0.4, 0.5) is 4.79 Å². The number of carbonyl (C=O) groups is 1. The number of nitrogens with one attached hydrogen (secondary N) is 1. The summed E-state index contributed by atoms with van der Waals surface area (Å²) in [6, 6.07) is 7.46. The lowest BCUT2D eigenvalue weighted by molar-refractivity contribution is 0.0387. The molecule has 0 aliphatic carbocycles. The molecule has 21 heavy (non-hydrogen) atoms. The van der Waals surface area contributed by atoms with Crippen LogP contribution in [0.2, 0.25) is 0 Å². The van der Waals surface area contributed by atoms with Gasteiger partial charge in [-0.05, 0) is 33.3 Å². The van der Waals surface area contributed by atoms with Crippen LogP contribution in [-0.4, -0.2) is 25.3 Å². The van der Waals surface area contributed by atoms with Gasteiger partial charge in [0.15, 0.2) is 0 Å². The van der Waals surface area contributed by atoms with Crippen molar-refractivity contribution in [3.8, 4) is 5.75 Å². The van der Waals surface area contributed by atoms with Gasteiger partial charge in [-0.25, -0.2) is 10.7 Å². The maximum Gasteiger partial charge on any atom is 0.407 e. The molecule has 6 nitrogen and oxygen atoms in total. The number of hydrogen-bond donors (Lipinski definition) is 2. The van der Waals surface area contributed by atoms with Crippen molar-refractivity contribution >= 4 is 6.09 Å². The first-order valence-corrected chi connectivity index (χ1v) is 6.82. The molecule has 0 radical (unpaired) electrons.